The van der Waals surface area contributed by atoms with Gasteiger partial charge in [-0.2, -0.15) is 5.26 Å². The first-order valence-corrected chi connectivity index (χ1v) is 10.6. The first kappa shape index (κ1) is 21.4. The molecule has 170 valence electrons. The lowest BCUT2D eigenvalue weighted by Gasteiger charge is -2.29. The van der Waals surface area contributed by atoms with E-state index < -0.39 is 23.2 Å². The molecule has 1 aliphatic carbocycles. The van der Waals surface area contributed by atoms with Gasteiger partial charge in [0.15, 0.2) is 5.65 Å². The Bertz CT molecular complexity index is 1270. The van der Waals surface area contributed by atoms with Gasteiger partial charge in [-0.3, -0.25) is 0 Å². The molecule has 1 aliphatic heterocycles. The molecule has 0 bridgehead atoms. The highest BCUT2D eigenvalue weighted by atomic mass is 19.3. The fourth-order valence-electron chi connectivity index (χ4n) is 3.94. The van der Waals surface area contributed by atoms with Crippen LogP contribution in [0.1, 0.15) is 41.8 Å². The topological polar surface area (TPSA) is 95.8 Å². The molecule has 1 aromatic carbocycles. The van der Waals surface area contributed by atoms with E-state index >= 15 is 0 Å². The van der Waals surface area contributed by atoms with E-state index in [0.717, 1.165) is 24.5 Å². The maximum atomic E-state index is 14.5. The molecule has 2 fully saturated rings. The highest BCUT2D eigenvalue weighted by Gasteiger charge is 2.47. The second-order valence-corrected chi connectivity index (χ2v) is 8.42. The number of hydrogen-bond donors (Lipinski definition) is 2. The van der Waals surface area contributed by atoms with Gasteiger partial charge in [-0.05, 0) is 25.8 Å². The number of nitriles is 1. The first-order valence-electron chi connectivity index (χ1n) is 10.6. The number of fused-ring (bicyclic) bond motifs is 1. The van der Waals surface area contributed by atoms with Gasteiger partial charge in [-0.15, -0.1) is 0 Å². The summed E-state index contributed by atoms with van der Waals surface area (Å²) < 4.78 is 45.8. The van der Waals surface area contributed by atoms with Crippen LogP contribution in [0.4, 0.5) is 24.8 Å². The fourth-order valence-corrected chi connectivity index (χ4v) is 3.94. The van der Waals surface area contributed by atoms with Crippen LogP contribution in [0.2, 0.25) is 0 Å². The average molecular weight is 454 g/mol. The van der Waals surface area contributed by atoms with E-state index in [1.165, 1.54) is 12.1 Å². The van der Waals surface area contributed by atoms with Crippen LogP contribution in [-0.4, -0.2) is 34.2 Å². The average Bonchev–Trinajstić information content (AvgIpc) is 3.55. The molecule has 7 nitrogen and oxygen atoms in total. The second-order valence-electron chi connectivity index (χ2n) is 8.42. The standard InChI is InChI=1S/C23H21F3N6O/c1-12-29-20(28-8-13-3-2-4-15(18(13)24)19(25)26)16-7-17(23(11-27)5-6-23)22(32-21(16)30-12)31-14-9-33-10-14/h2-4,7,14,19H,5-6,8-10H2,1H3,(H2,28,29,30,31,32). The molecule has 2 aromatic heterocycles. The number of aromatic nitrogens is 3. The lowest BCUT2D eigenvalue weighted by atomic mass is 9.96. The Balaban J connectivity index is 1.53. The highest BCUT2D eigenvalue weighted by molar-refractivity contribution is 5.89. The summed E-state index contributed by atoms with van der Waals surface area (Å²) in [6.07, 6.45) is -1.44. The number of rotatable bonds is 7. The first-order chi connectivity index (χ1) is 15.9. The minimum Gasteiger partial charge on any atom is -0.377 e. The zero-order valence-electron chi connectivity index (χ0n) is 17.8. The molecule has 5 rings (SSSR count). The number of ether oxygens (including phenoxy) is 1. The number of anilines is 2. The number of hydrogen-bond acceptors (Lipinski definition) is 7. The molecular weight excluding hydrogens is 433 g/mol. The van der Waals surface area contributed by atoms with Crippen molar-refractivity contribution in [2.24, 2.45) is 0 Å². The molecule has 0 atom stereocenters. The van der Waals surface area contributed by atoms with E-state index in [1.54, 1.807) is 6.92 Å². The summed E-state index contributed by atoms with van der Waals surface area (Å²) in [7, 11) is 0. The minimum atomic E-state index is -2.90. The van der Waals surface area contributed by atoms with Crippen molar-refractivity contribution in [1.29, 1.82) is 5.26 Å². The molecule has 10 heteroatoms. The van der Waals surface area contributed by atoms with Gasteiger partial charge in [-0.25, -0.2) is 28.1 Å². The predicted molar refractivity (Wildman–Crippen MR) is 116 cm³/mol. The van der Waals surface area contributed by atoms with Crippen molar-refractivity contribution in [3.63, 3.8) is 0 Å². The van der Waals surface area contributed by atoms with Gasteiger partial charge in [0.1, 0.15) is 23.3 Å². The predicted octanol–water partition coefficient (Wildman–Crippen LogP) is 4.39. The third-order valence-electron chi connectivity index (χ3n) is 6.05. The Morgan fingerprint density at radius 3 is 2.64 bits per heavy atom. The van der Waals surface area contributed by atoms with Gasteiger partial charge in [0.05, 0.1) is 41.7 Å². The lowest BCUT2D eigenvalue weighted by Crippen LogP contribution is -2.41. The van der Waals surface area contributed by atoms with E-state index in [9.17, 15) is 18.4 Å². The monoisotopic (exact) mass is 454 g/mol. The molecule has 0 amide bonds. The van der Waals surface area contributed by atoms with Gasteiger partial charge in [0.2, 0.25) is 0 Å². The summed E-state index contributed by atoms with van der Waals surface area (Å²) >= 11 is 0. The van der Waals surface area contributed by atoms with Crippen molar-refractivity contribution in [2.45, 2.75) is 44.2 Å². The van der Waals surface area contributed by atoms with Crippen LogP contribution >= 0.6 is 0 Å². The molecule has 2 N–H and O–H groups in total. The summed E-state index contributed by atoms with van der Waals surface area (Å²) in [6, 6.07) is 8.30. The smallest absolute Gasteiger partial charge is 0.266 e. The van der Waals surface area contributed by atoms with E-state index in [4.69, 9.17) is 9.72 Å². The summed E-state index contributed by atoms with van der Waals surface area (Å²) in [5.41, 5.74) is 0.0399. The van der Waals surface area contributed by atoms with Crippen LogP contribution in [0.25, 0.3) is 11.0 Å². The number of halogens is 3. The number of benzene rings is 1. The molecule has 3 heterocycles. The number of nitrogens with zero attached hydrogens (tertiary/aromatic N) is 4. The lowest BCUT2D eigenvalue weighted by molar-refractivity contribution is 0.0209. The Labute approximate surface area is 188 Å². The SMILES string of the molecule is Cc1nc(NCc2cccc(C(F)F)c2F)c2cc(C3(C#N)CC3)c(NC3COC3)nc2n1. The van der Waals surface area contributed by atoms with Crippen LogP contribution in [0.3, 0.4) is 0 Å². The molecular formula is C23H21F3N6O. The van der Waals surface area contributed by atoms with Crippen LogP contribution in [0.15, 0.2) is 24.3 Å². The second kappa shape index (κ2) is 8.15. The zero-order chi connectivity index (χ0) is 23.2. The summed E-state index contributed by atoms with van der Waals surface area (Å²) in [5, 5.41) is 16.8. The third-order valence-corrected chi connectivity index (χ3v) is 6.05. The number of alkyl halides is 2. The van der Waals surface area contributed by atoms with Crippen molar-refractivity contribution < 1.29 is 17.9 Å². The highest BCUT2D eigenvalue weighted by Crippen LogP contribution is 2.50. The number of nitrogens with one attached hydrogen (secondary N) is 2. The minimum absolute atomic E-state index is 0.0455. The van der Waals surface area contributed by atoms with Crippen molar-refractivity contribution >= 4 is 22.7 Å². The quantitative estimate of drug-likeness (QED) is 0.547. The van der Waals surface area contributed by atoms with Crippen LogP contribution in [-0.2, 0) is 16.7 Å². The number of pyridine rings is 1. The van der Waals surface area contributed by atoms with Crippen LogP contribution in [0, 0.1) is 24.1 Å². The van der Waals surface area contributed by atoms with E-state index in [1.807, 2.05) is 6.07 Å². The summed E-state index contributed by atoms with van der Waals surface area (Å²) in [4.78, 5) is 13.6. The van der Waals surface area contributed by atoms with Crippen LogP contribution < -0.4 is 10.6 Å². The van der Waals surface area contributed by atoms with E-state index in [0.29, 0.717) is 41.7 Å². The molecule has 0 unspecified atom stereocenters. The van der Waals surface area contributed by atoms with E-state index in [2.05, 4.69) is 26.7 Å². The van der Waals surface area contributed by atoms with Crippen molar-refractivity contribution in [3.05, 3.63) is 52.6 Å². The van der Waals surface area contributed by atoms with E-state index in [-0.39, 0.29) is 18.2 Å². The van der Waals surface area contributed by atoms with Crippen LogP contribution in [0.5, 0.6) is 0 Å². The fraction of sp³-hybridized carbons (Fsp3) is 0.391. The van der Waals surface area contributed by atoms with Crippen molar-refractivity contribution in [3.8, 4) is 6.07 Å². The Kier molecular flexibility index (Phi) is 5.29. The third kappa shape index (κ3) is 3.93. The molecule has 33 heavy (non-hydrogen) atoms. The Morgan fingerprint density at radius 2 is 2.00 bits per heavy atom. The molecule has 1 saturated heterocycles. The van der Waals surface area contributed by atoms with Gasteiger partial charge in [0.25, 0.3) is 6.43 Å². The van der Waals surface area contributed by atoms with Gasteiger partial charge in [0, 0.05) is 17.7 Å². The van der Waals surface area contributed by atoms with Gasteiger partial charge < -0.3 is 15.4 Å². The van der Waals surface area contributed by atoms with Crippen molar-refractivity contribution in [1.82, 2.24) is 15.0 Å². The molecule has 2 aliphatic rings. The van der Waals surface area contributed by atoms with Gasteiger partial charge >= 0.3 is 0 Å². The molecule has 1 saturated carbocycles. The van der Waals surface area contributed by atoms with Gasteiger partial charge in [-0.1, -0.05) is 18.2 Å². The van der Waals surface area contributed by atoms with Crippen molar-refractivity contribution in [2.75, 3.05) is 23.8 Å². The zero-order valence-corrected chi connectivity index (χ0v) is 17.8. The maximum absolute atomic E-state index is 14.5. The normalized spacial score (nSPS) is 17.0. The Morgan fingerprint density at radius 1 is 1.21 bits per heavy atom. The molecule has 0 spiro atoms. The largest absolute Gasteiger partial charge is 0.377 e. The molecule has 3 aromatic rings. The number of aryl methyl sites for hydroxylation is 1. The summed E-state index contributed by atoms with van der Waals surface area (Å²) in [5.74, 6) is 0.519. The molecule has 0 radical (unpaired) electrons. The maximum Gasteiger partial charge on any atom is 0.266 e. The summed E-state index contributed by atoms with van der Waals surface area (Å²) in [6.45, 7) is 2.80. The Hall–Kier alpha value is -3.45.